The van der Waals surface area contributed by atoms with Crippen LogP contribution in [0.3, 0.4) is 0 Å². The Labute approximate surface area is 97.7 Å². The highest BCUT2D eigenvalue weighted by atomic mass is 15.0. The molecule has 0 aliphatic heterocycles. The number of nitrogens with one attached hydrogen (secondary N) is 2. The summed E-state index contributed by atoms with van der Waals surface area (Å²) in [6.07, 6.45) is 8.87. The molecule has 1 fully saturated rings. The minimum atomic E-state index is 0.922. The van der Waals surface area contributed by atoms with E-state index in [1.54, 1.807) is 0 Å². The van der Waals surface area contributed by atoms with Gasteiger partial charge in [0.25, 0.3) is 0 Å². The zero-order valence-corrected chi connectivity index (χ0v) is 10.00. The summed E-state index contributed by atoms with van der Waals surface area (Å²) < 4.78 is 0. The first-order chi connectivity index (χ1) is 7.88. The average molecular weight is 219 g/mol. The van der Waals surface area contributed by atoms with Gasteiger partial charge in [-0.3, -0.25) is 0 Å². The van der Waals surface area contributed by atoms with Crippen molar-refractivity contribution in [3.63, 3.8) is 0 Å². The Bertz CT molecular complexity index is 319. The third-order valence-corrected chi connectivity index (χ3v) is 3.37. The van der Waals surface area contributed by atoms with Crippen LogP contribution in [0.2, 0.25) is 0 Å². The van der Waals surface area contributed by atoms with Gasteiger partial charge < -0.3 is 10.6 Å². The van der Waals surface area contributed by atoms with E-state index in [2.05, 4.69) is 21.7 Å². The number of hydrogen-bond acceptors (Lipinski definition) is 3. The summed E-state index contributed by atoms with van der Waals surface area (Å²) in [5, 5.41) is 6.51. The van der Waals surface area contributed by atoms with Crippen molar-refractivity contribution < 1.29 is 0 Å². The average Bonchev–Trinajstić information content (AvgIpc) is 2.82. The fourth-order valence-electron chi connectivity index (χ4n) is 2.40. The van der Waals surface area contributed by atoms with E-state index in [-0.39, 0.29) is 0 Å². The number of rotatable bonds is 5. The standard InChI is InChI=1S/C13H21N3/c1-14-13-10-12(7-9-16-13)15-8-6-11-4-2-3-5-11/h7,9-11H,2-6,8H2,1H3,(H2,14,15,16). The highest BCUT2D eigenvalue weighted by Gasteiger charge is 2.13. The molecule has 1 aliphatic carbocycles. The minimum Gasteiger partial charge on any atom is -0.385 e. The van der Waals surface area contributed by atoms with E-state index < -0.39 is 0 Å². The maximum Gasteiger partial charge on any atom is 0.127 e. The van der Waals surface area contributed by atoms with E-state index >= 15 is 0 Å². The molecule has 3 heteroatoms. The van der Waals surface area contributed by atoms with Crippen molar-refractivity contribution in [3.8, 4) is 0 Å². The van der Waals surface area contributed by atoms with Crippen molar-refractivity contribution >= 4 is 11.5 Å². The van der Waals surface area contributed by atoms with Gasteiger partial charge in [-0.05, 0) is 18.4 Å². The molecule has 88 valence electrons. The lowest BCUT2D eigenvalue weighted by Crippen LogP contribution is -2.07. The summed E-state index contributed by atoms with van der Waals surface area (Å²) in [7, 11) is 1.89. The number of anilines is 2. The Morgan fingerprint density at radius 3 is 2.94 bits per heavy atom. The molecule has 1 saturated carbocycles. The maximum absolute atomic E-state index is 4.19. The maximum atomic E-state index is 4.19. The fourth-order valence-corrected chi connectivity index (χ4v) is 2.40. The minimum absolute atomic E-state index is 0.922. The highest BCUT2D eigenvalue weighted by molar-refractivity contribution is 5.51. The normalized spacial score (nSPS) is 16.3. The zero-order valence-electron chi connectivity index (χ0n) is 10.00. The van der Waals surface area contributed by atoms with Crippen LogP contribution in [0.4, 0.5) is 11.5 Å². The van der Waals surface area contributed by atoms with E-state index in [0.717, 1.165) is 24.0 Å². The van der Waals surface area contributed by atoms with Gasteiger partial charge in [0.05, 0.1) is 0 Å². The first kappa shape index (κ1) is 11.2. The predicted octanol–water partition coefficient (Wildman–Crippen LogP) is 3.12. The lowest BCUT2D eigenvalue weighted by atomic mass is 10.0. The van der Waals surface area contributed by atoms with Crippen molar-refractivity contribution in [2.24, 2.45) is 5.92 Å². The van der Waals surface area contributed by atoms with Crippen LogP contribution in [0, 0.1) is 5.92 Å². The lowest BCUT2D eigenvalue weighted by molar-refractivity contribution is 0.518. The molecular weight excluding hydrogens is 198 g/mol. The molecule has 0 saturated heterocycles. The molecule has 1 heterocycles. The summed E-state index contributed by atoms with van der Waals surface area (Å²) in [5.74, 6) is 1.88. The molecule has 1 aromatic rings. The molecule has 0 aromatic carbocycles. The SMILES string of the molecule is CNc1cc(NCCC2CCCC2)ccn1. The van der Waals surface area contributed by atoms with Crippen LogP contribution in [0.25, 0.3) is 0 Å². The molecule has 0 radical (unpaired) electrons. The number of hydrogen-bond donors (Lipinski definition) is 2. The van der Waals surface area contributed by atoms with Crippen molar-refractivity contribution in [2.75, 3.05) is 24.2 Å². The van der Waals surface area contributed by atoms with E-state index in [9.17, 15) is 0 Å². The Morgan fingerprint density at radius 2 is 2.19 bits per heavy atom. The fraction of sp³-hybridized carbons (Fsp3) is 0.615. The molecule has 0 spiro atoms. The largest absolute Gasteiger partial charge is 0.385 e. The summed E-state index contributed by atoms with van der Waals surface area (Å²) in [5.41, 5.74) is 1.16. The van der Waals surface area contributed by atoms with Crippen LogP contribution < -0.4 is 10.6 Å². The van der Waals surface area contributed by atoms with Crippen LogP contribution in [-0.4, -0.2) is 18.6 Å². The van der Waals surface area contributed by atoms with Crippen LogP contribution in [0.15, 0.2) is 18.3 Å². The van der Waals surface area contributed by atoms with Gasteiger partial charge in [0, 0.05) is 31.5 Å². The van der Waals surface area contributed by atoms with Crippen molar-refractivity contribution in [1.82, 2.24) is 4.98 Å². The van der Waals surface area contributed by atoms with Crippen LogP contribution in [-0.2, 0) is 0 Å². The van der Waals surface area contributed by atoms with E-state index in [1.807, 2.05) is 19.3 Å². The quantitative estimate of drug-likeness (QED) is 0.799. The number of nitrogens with zero attached hydrogens (tertiary/aromatic N) is 1. The molecule has 2 N–H and O–H groups in total. The van der Waals surface area contributed by atoms with Gasteiger partial charge in [0.2, 0.25) is 0 Å². The van der Waals surface area contributed by atoms with Gasteiger partial charge in [-0.15, -0.1) is 0 Å². The van der Waals surface area contributed by atoms with E-state index in [1.165, 1.54) is 32.1 Å². The van der Waals surface area contributed by atoms with Gasteiger partial charge >= 0.3 is 0 Å². The second-order valence-corrected chi connectivity index (χ2v) is 4.55. The monoisotopic (exact) mass is 219 g/mol. The van der Waals surface area contributed by atoms with Crippen LogP contribution >= 0.6 is 0 Å². The summed E-state index contributed by atoms with van der Waals surface area (Å²) in [6, 6.07) is 4.07. The van der Waals surface area contributed by atoms with Gasteiger partial charge in [-0.2, -0.15) is 0 Å². The Balaban J connectivity index is 1.75. The first-order valence-corrected chi connectivity index (χ1v) is 6.26. The van der Waals surface area contributed by atoms with Gasteiger partial charge in [0.1, 0.15) is 5.82 Å². The molecule has 0 amide bonds. The first-order valence-electron chi connectivity index (χ1n) is 6.26. The van der Waals surface area contributed by atoms with Crippen molar-refractivity contribution in [2.45, 2.75) is 32.1 Å². The third-order valence-electron chi connectivity index (χ3n) is 3.37. The van der Waals surface area contributed by atoms with Gasteiger partial charge in [0.15, 0.2) is 0 Å². The second kappa shape index (κ2) is 5.73. The smallest absolute Gasteiger partial charge is 0.127 e. The molecule has 0 atom stereocenters. The zero-order chi connectivity index (χ0) is 11.2. The Kier molecular flexibility index (Phi) is 4.03. The summed E-state index contributed by atoms with van der Waals surface area (Å²) >= 11 is 0. The van der Waals surface area contributed by atoms with Crippen molar-refractivity contribution in [1.29, 1.82) is 0 Å². The Hall–Kier alpha value is -1.25. The second-order valence-electron chi connectivity index (χ2n) is 4.55. The molecule has 0 unspecified atom stereocenters. The Morgan fingerprint density at radius 1 is 1.38 bits per heavy atom. The van der Waals surface area contributed by atoms with Gasteiger partial charge in [-0.25, -0.2) is 4.98 Å². The highest BCUT2D eigenvalue weighted by Crippen LogP contribution is 2.27. The summed E-state index contributed by atoms with van der Waals surface area (Å²) in [6.45, 7) is 1.08. The van der Waals surface area contributed by atoms with E-state index in [0.29, 0.717) is 0 Å². The number of pyridine rings is 1. The molecule has 16 heavy (non-hydrogen) atoms. The molecule has 1 aromatic heterocycles. The van der Waals surface area contributed by atoms with E-state index in [4.69, 9.17) is 0 Å². The third kappa shape index (κ3) is 3.12. The molecule has 1 aliphatic rings. The van der Waals surface area contributed by atoms with Crippen LogP contribution in [0.5, 0.6) is 0 Å². The van der Waals surface area contributed by atoms with Crippen molar-refractivity contribution in [3.05, 3.63) is 18.3 Å². The van der Waals surface area contributed by atoms with Crippen LogP contribution in [0.1, 0.15) is 32.1 Å². The molecule has 2 rings (SSSR count). The molecule has 3 nitrogen and oxygen atoms in total. The topological polar surface area (TPSA) is 37.0 Å². The molecular formula is C13H21N3. The van der Waals surface area contributed by atoms with Gasteiger partial charge in [-0.1, -0.05) is 25.7 Å². The lowest BCUT2D eigenvalue weighted by Gasteiger charge is -2.11. The molecule has 0 bridgehead atoms. The summed E-state index contributed by atoms with van der Waals surface area (Å²) in [4.78, 5) is 4.19. The predicted molar refractivity (Wildman–Crippen MR) is 68.8 cm³/mol. The number of aromatic nitrogens is 1.